The van der Waals surface area contributed by atoms with Gasteiger partial charge in [0.25, 0.3) is 0 Å². The second-order valence-corrected chi connectivity index (χ2v) is 5.54. The van der Waals surface area contributed by atoms with E-state index in [1.807, 2.05) is 45.0 Å². The average molecular weight is 250 g/mol. The third-order valence-electron chi connectivity index (χ3n) is 2.89. The summed E-state index contributed by atoms with van der Waals surface area (Å²) < 4.78 is 0. The molecule has 0 aliphatic rings. The molecule has 0 spiro atoms. The number of hydrogen-bond acceptors (Lipinski definition) is 3. The summed E-state index contributed by atoms with van der Waals surface area (Å²) in [6.07, 6.45) is 0. The van der Waals surface area contributed by atoms with Crippen LogP contribution in [-0.4, -0.2) is 17.1 Å². The lowest BCUT2D eigenvalue weighted by molar-refractivity contribution is -0.124. The summed E-state index contributed by atoms with van der Waals surface area (Å²) in [4.78, 5) is 11.8. The van der Waals surface area contributed by atoms with Crippen LogP contribution in [0.4, 0.5) is 0 Å². The van der Waals surface area contributed by atoms with Crippen molar-refractivity contribution in [3.8, 4) is 0 Å². The number of benzene rings is 1. The van der Waals surface area contributed by atoms with Crippen molar-refractivity contribution in [2.75, 3.05) is 0 Å². The number of aliphatic hydroxyl groups is 1. The fourth-order valence-corrected chi connectivity index (χ4v) is 1.45. The standard InChI is InChI=1S/C14H22N2O2/c1-14(2,3)12(15)13(18)16-8-10-4-6-11(9-17)7-5-10/h4-7,12,17H,8-9,15H2,1-3H3,(H,16,18). The van der Waals surface area contributed by atoms with Crippen LogP contribution >= 0.6 is 0 Å². The van der Waals surface area contributed by atoms with E-state index < -0.39 is 6.04 Å². The van der Waals surface area contributed by atoms with E-state index in [9.17, 15) is 4.79 Å². The van der Waals surface area contributed by atoms with Crippen molar-refractivity contribution in [1.82, 2.24) is 5.32 Å². The zero-order valence-electron chi connectivity index (χ0n) is 11.2. The maximum absolute atomic E-state index is 11.8. The van der Waals surface area contributed by atoms with Crippen molar-refractivity contribution in [1.29, 1.82) is 0 Å². The molecule has 0 saturated heterocycles. The van der Waals surface area contributed by atoms with E-state index in [1.54, 1.807) is 0 Å². The molecule has 0 fully saturated rings. The Morgan fingerprint density at radius 2 is 1.78 bits per heavy atom. The molecule has 1 atom stereocenters. The predicted octanol–water partition coefficient (Wildman–Crippen LogP) is 1.17. The topological polar surface area (TPSA) is 75.4 Å². The minimum Gasteiger partial charge on any atom is -0.392 e. The first-order valence-electron chi connectivity index (χ1n) is 6.06. The molecule has 0 aliphatic carbocycles. The number of nitrogens with two attached hydrogens (primary N) is 1. The summed E-state index contributed by atoms with van der Waals surface area (Å²) in [5.74, 6) is -0.145. The van der Waals surface area contributed by atoms with Gasteiger partial charge in [-0.1, -0.05) is 45.0 Å². The number of aliphatic hydroxyl groups excluding tert-OH is 1. The first-order chi connectivity index (χ1) is 8.34. The van der Waals surface area contributed by atoms with E-state index in [0.717, 1.165) is 11.1 Å². The van der Waals surface area contributed by atoms with Gasteiger partial charge in [0.05, 0.1) is 12.6 Å². The number of nitrogens with one attached hydrogen (secondary N) is 1. The molecule has 0 radical (unpaired) electrons. The molecule has 0 aromatic heterocycles. The number of carbonyl (C=O) groups excluding carboxylic acids is 1. The van der Waals surface area contributed by atoms with Crippen LogP contribution in [0.15, 0.2) is 24.3 Å². The summed E-state index contributed by atoms with van der Waals surface area (Å²) in [6, 6.07) is 6.92. The molecular weight excluding hydrogens is 228 g/mol. The number of amides is 1. The van der Waals surface area contributed by atoms with Gasteiger partial charge in [-0.3, -0.25) is 4.79 Å². The minimum atomic E-state index is -0.519. The molecule has 0 saturated carbocycles. The molecule has 0 aliphatic heterocycles. The highest BCUT2D eigenvalue weighted by atomic mass is 16.3. The quantitative estimate of drug-likeness (QED) is 0.751. The number of carbonyl (C=O) groups is 1. The zero-order chi connectivity index (χ0) is 13.8. The van der Waals surface area contributed by atoms with Crippen molar-refractivity contribution in [3.05, 3.63) is 35.4 Å². The summed E-state index contributed by atoms with van der Waals surface area (Å²) in [6.45, 7) is 6.30. The minimum absolute atomic E-state index is 0.0293. The second-order valence-electron chi connectivity index (χ2n) is 5.54. The van der Waals surface area contributed by atoms with Crippen LogP contribution in [0.3, 0.4) is 0 Å². The molecule has 4 nitrogen and oxygen atoms in total. The fraction of sp³-hybridized carbons (Fsp3) is 0.500. The zero-order valence-corrected chi connectivity index (χ0v) is 11.2. The highest BCUT2D eigenvalue weighted by molar-refractivity contribution is 5.82. The van der Waals surface area contributed by atoms with Crippen LogP contribution in [0, 0.1) is 5.41 Å². The van der Waals surface area contributed by atoms with E-state index in [4.69, 9.17) is 10.8 Å². The number of rotatable bonds is 4. The molecule has 100 valence electrons. The van der Waals surface area contributed by atoms with Crippen LogP contribution in [0.25, 0.3) is 0 Å². The van der Waals surface area contributed by atoms with E-state index in [0.29, 0.717) is 6.54 Å². The highest BCUT2D eigenvalue weighted by Gasteiger charge is 2.26. The molecule has 1 amide bonds. The SMILES string of the molecule is CC(C)(C)C(N)C(=O)NCc1ccc(CO)cc1. The van der Waals surface area contributed by atoms with Crippen LogP contribution < -0.4 is 11.1 Å². The molecule has 1 aromatic carbocycles. The largest absolute Gasteiger partial charge is 0.392 e. The molecule has 0 heterocycles. The lowest BCUT2D eigenvalue weighted by atomic mass is 9.87. The first kappa shape index (κ1) is 14.7. The van der Waals surface area contributed by atoms with Gasteiger partial charge < -0.3 is 16.2 Å². The van der Waals surface area contributed by atoms with Crippen LogP contribution in [0.5, 0.6) is 0 Å². The smallest absolute Gasteiger partial charge is 0.237 e. The van der Waals surface area contributed by atoms with Crippen molar-refractivity contribution >= 4 is 5.91 Å². The molecule has 0 bridgehead atoms. The Bertz CT molecular complexity index is 393. The van der Waals surface area contributed by atoms with Gasteiger partial charge in [-0.15, -0.1) is 0 Å². The van der Waals surface area contributed by atoms with Gasteiger partial charge in [0.1, 0.15) is 0 Å². The summed E-state index contributed by atoms with van der Waals surface area (Å²) in [5.41, 5.74) is 7.46. The Morgan fingerprint density at radius 1 is 1.28 bits per heavy atom. The number of hydrogen-bond donors (Lipinski definition) is 3. The highest BCUT2D eigenvalue weighted by Crippen LogP contribution is 2.17. The monoisotopic (exact) mass is 250 g/mol. The van der Waals surface area contributed by atoms with Crippen molar-refractivity contribution in [2.45, 2.75) is 40.0 Å². The maximum Gasteiger partial charge on any atom is 0.237 e. The lowest BCUT2D eigenvalue weighted by Crippen LogP contribution is -2.48. The van der Waals surface area contributed by atoms with Crippen molar-refractivity contribution < 1.29 is 9.90 Å². The van der Waals surface area contributed by atoms with Crippen molar-refractivity contribution in [3.63, 3.8) is 0 Å². The van der Waals surface area contributed by atoms with Crippen LogP contribution in [0.2, 0.25) is 0 Å². The van der Waals surface area contributed by atoms with Gasteiger partial charge in [-0.05, 0) is 16.5 Å². The fourth-order valence-electron chi connectivity index (χ4n) is 1.45. The third kappa shape index (κ3) is 4.13. The predicted molar refractivity (Wildman–Crippen MR) is 71.6 cm³/mol. The summed E-state index contributed by atoms with van der Waals surface area (Å²) in [7, 11) is 0. The van der Waals surface area contributed by atoms with E-state index in [1.165, 1.54) is 0 Å². The lowest BCUT2D eigenvalue weighted by Gasteiger charge is -2.25. The van der Waals surface area contributed by atoms with Gasteiger partial charge in [0.2, 0.25) is 5.91 Å². The summed E-state index contributed by atoms with van der Waals surface area (Å²) in [5, 5.41) is 11.7. The normalized spacial score (nSPS) is 13.2. The molecule has 4 heteroatoms. The van der Waals surface area contributed by atoms with Crippen LogP contribution in [-0.2, 0) is 17.9 Å². The molecular formula is C14H22N2O2. The van der Waals surface area contributed by atoms with Gasteiger partial charge in [0.15, 0.2) is 0 Å². The van der Waals surface area contributed by atoms with E-state index >= 15 is 0 Å². The van der Waals surface area contributed by atoms with Gasteiger partial charge in [-0.25, -0.2) is 0 Å². The third-order valence-corrected chi connectivity index (χ3v) is 2.89. The van der Waals surface area contributed by atoms with E-state index in [2.05, 4.69) is 5.32 Å². The maximum atomic E-state index is 11.8. The average Bonchev–Trinajstić information content (AvgIpc) is 2.34. The Balaban J connectivity index is 2.52. The molecule has 18 heavy (non-hydrogen) atoms. The van der Waals surface area contributed by atoms with Crippen molar-refractivity contribution in [2.24, 2.45) is 11.1 Å². The molecule has 1 rings (SSSR count). The van der Waals surface area contributed by atoms with Gasteiger partial charge >= 0.3 is 0 Å². The second kappa shape index (κ2) is 5.98. The van der Waals surface area contributed by atoms with Gasteiger partial charge in [0, 0.05) is 6.54 Å². The molecule has 1 aromatic rings. The van der Waals surface area contributed by atoms with E-state index in [-0.39, 0.29) is 17.9 Å². The first-order valence-corrected chi connectivity index (χ1v) is 6.06. The summed E-state index contributed by atoms with van der Waals surface area (Å²) >= 11 is 0. The molecule has 1 unspecified atom stereocenters. The Hall–Kier alpha value is -1.39. The Morgan fingerprint density at radius 3 is 2.22 bits per heavy atom. The van der Waals surface area contributed by atoms with Gasteiger partial charge in [-0.2, -0.15) is 0 Å². The van der Waals surface area contributed by atoms with Crippen LogP contribution in [0.1, 0.15) is 31.9 Å². The Kier molecular flexibility index (Phi) is 4.87. The molecule has 4 N–H and O–H groups in total. The Labute approximate surface area is 108 Å².